The van der Waals surface area contributed by atoms with Crippen molar-refractivity contribution in [1.82, 2.24) is 15.4 Å². The van der Waals surface area contributed by atoms with Gasteiger partial charge >= 0.3 is 6.36 Å². The first kappa shape index (κ1) is 14.7. The summed E-state index contributed by atoms with van der Waals surface area (Å²) < 4.78 is 66.9. The summed E-state index contributed by atoms with van der Waals surface area (Å²) in [4.78, 5) is 11.0. The molecule has 1 aromatic heterocycles. The van der Waals surface area contributed by atoms with Gasteiger partial charge < -0.3 is 10.5 Å². The van der Waals surface area contributed by atoms with Crippen LogP contribution in [0.5, 0.6) is 5.75 Å². The molecular formula is C10H5F5N4O2. The van der Waals surface area contributed by atoms with Crippen LogP contribution in [-0.2, 0) is 0 Å². The third-order valence-electron chi connectivity index (χ3n) is 2.30. The molecule has 0 atom stereocenters. The molecule has 0 spiro atoms. The van der Waals surface area contributed by atoms with E-state index in [2.05, 4.69) is 14.9 Å². The van der Waals surface area contributed by atoms with Gasteiger partial charge in [-0.05, 0) is 12.1 Å². The highest BCUT2D eigenvalue weighted by atomic mass is 19.4. The molecule has 0 aliphatic rings. The Kier molecular flexibility index (Phi) is 3.49. The van der Waals surface area contributed by atoms with Crippen molar-refractivity contribution in [3.8, 4) is 17.0 Å². The molecule has 0 aliphatic carbocycles. The first-order chi connectivity index (χ1) is 9.70. The lowest BCUT2D eigenvalue weighted by Gasteiger charge is -2.12. The summed E-state index contributed by atoms with van der Waals surface area (Å²) in [7, 11) is 0. The number of hydrogen-bond acceptors (Lipinski definition) is 4. The molecule has 1 amide bonds. The van der Waals surface area contributed by atoms with Crippen LogP contribution in [0.15, 0.2) is 12.1 Å². The quantitative estimate of drug-likeness (QED) is 0.845. The third-order valence-corrected chi connectivity index (χ3v) is 2.30. The Bertz CT molecular complexity index is 697. The number of H-pyrrole nitrogens is 1. The lowest BCUT2D eigenvalue weighted by molar-refractivity contribution is -0.276. The molecule has 6 nitrogen and oxygen atoms in total. The molecule has 0 unspecified atom stereocenters. The summed E-state index contributed by atoms with van der Waals surface area (Å²) in [5.41, 5.74) is 3.34. The molecule has 0 saturated carbocycles. The molecule has 21 heavy (non-hydrogen) atoms. The van der Waals surface area contributed by atoms with E-state index in [1.54, 1.807) is 0 Å². The largest absolute Gasteiger partial charge is 0.573 e. The number of ether oxygens (including phenoxy) is 1. The SMILES string of the molecule is NC(=O)c1n[nH]nc1-c1ccc(F)c(OC(F)(F)F)c1F. The lowest BCUT2D eigenvalue weighted by Crippen LogP contribution is -2.19. The number of rotatable bonds is 3. The number of nitrogens with one attached hydrogen (secondary N) is 1. The fourth-order valence-corrected chi connectivity index (χ4v) is 1.52. The zero-order chi connectivity index (χ0) is 15.8. The second-order valence-corrected chi connectivity index (χ2v) is 3.67. The molecule has 3 N–H and O–H groups in total. The highest BCUT2D eigenvalue weighted by Gasteiger charge is 2.35. The Labute approximate surface area is 112 Å². The first-order valence-electron chi connectivity index (χ1n) is 5.15. The van der Waals surface area contributed by atoms with Crippen molar-refractivity contribution >= 4 is 5.91 Å². The number of primary amides is 1. The molecule has 11 heteroatoms. The minimum atomic E-state index is -5.29. The Morgan fingerprint density at radius 1 is 1.24 bits per heavy atom. The predicted octanol–water partition coefficient (Wildman–Crippen LogP) is 1.75. The van der Waals surface area contributed by atoms with Gasteiger partial charge in [-0.3, -0.25) is 4.79 Å². The minimum absolute atomic E-state index is 0.466. The second-order valence-electron chi connectivity index (χ2n) is 3.67. The van der Waals surface area contributed by atoms with Crippen molar-refractivity contribution in [3.05, 3.63) is 29.5 Å². The maximum absolute atomic E-state index is 14.0. The normalized spacial score (nSPS) is 11.5. The number of benzene rings is 1. The number of carbonyl (C=O) groups is 1. The van der Waals surface area contributed by atoms with E-state index in [0.717, 1.165) is 6.07 Å². The van der Waals surface area contributed by atoms with E-state index >= 15 is 0 Å². The van der Waals surface area contributed by atoms with Crippen LogP contribution >= 0.6 is 0 Å². The van der Waals surface area contributed by atoms with Crippen molar-refractivity contribution in [2.75, 3.05) is 0 Å². The van der Waals surface area contributed by atoms with E-state index in [-0.39, 0.29) is 0 Å². The average molecular weight is 308 g/mol. The van der Waals surface area contributed by atoms with Gasteiger partial charge in [-0.15, -0.1) is 13.2 Å². The van der Waals surface area contributed by atoms with Crippen LogP contribution in [0.25, 0.3) is 11.3 Å². The van der Waals surface area contributed by atoms with Gasteiger partial charge in [0, 0.05) is 5.56 Å². The van der Waals surface area contributed by atoms with Crippen LogP contribution in [-0.4, -0.2) is 27.7 Å². The Balaban J connectivity index is 2.59. The molecule has 0 aliphatic heterocycles. The van der Waals surface area contributed by atoms with Gasteiger partial charge in [-0.25, -0.2) is 8.78 Å². The van der Waals surface area contributed by atoms with Crippen LogP contribution in [0.2, 0.25) is 0 Å². The Hall–Kier alpha value is -2.72. The number of aromatic amines is 1. The van der Waals surface area contributed by atoms with Crippen molar-refractivity contribution in [1.29, 1.82) is 0 Å². The molecule has 1 heterocycles. The molecule has 0 fully saturated rings. The van der Waals surface area contributed by atoms with Gasteiger partial charge in [-0.1, -0.05) is 0 Å². The smallest absolute Gasteiger partial charge is 0.399 e. The van der Waals surface area contributed by atoms with Gasteiger partial charge in [0.2, 0.25) is 5.75 Å². The Morgan fingerprint density at radius 3 is 2.48 bits per heavy atom. The predicted molar refractivity (Wildman–Crippen MR) is 56.9 cm³/mol. The highest BCUT2D eigenvalue weighted by molar-refractivity contribution is 5.96. The van der Waals surface area contributed by atoms with Gasteiger partial charge in [-0.2, -0.15) is 15.4 Å². The number of nitrogens with zero attached hydrogens (tertiary/aromatic N) is 2. The monoisotopic (exact) mass is 308 g/mol. The van der Waals surface area contributed by atoms with Crippen LogP contribution in [0.1, 0.15) is 10.5 Å². The van der Waals surface area contributed by atoms with Gasteiger partial charge in [0.1, 0.15) is 5.69 Å². The molecule has 2 aromatic rings. The lowest BCUT2D eigenvalue weighted by atomic mass is 10.1. The molecule has 0 bridgehead atoms. The first-order valence-corrected chi connectivity index (χ1v) is 5.15. The topological polar surface area (TPSA) is 93.9 Å². The van der Waals surface area contributed by atoms with Crippen LogP contribution < -0.4 is 10.5 Å². The van der Waals surface area contributed by atoms with Crippen LogP contribution in [0.3, 0.4) is 0 Å². The van der Waals surface area contributed by atoms with Gasteiger partial charge in [0.05, 0.1) is 0 Å². The number of hydrogen-bond donors (Lipinski definition) is 2. The number of halogens is 5. The fourth-order valence-electron chi connectivity index (χ4n) is 1.52. The summed E-state index contributed by atoms with van der Waals surface area (Å²) in [6, 6.07) is 1.30. The van der Waals surface area contributed by atoms with E-state index in [1.165, 1.54) is 0 Å². The fraction of sp³-hybridized carbons (Fsp3) is 0.100. The summed E-state index contributed by atoms with van der Waals surface area (Å²) in [6.07, 6.45) is -5.29. The third kappa shape index (κ3) is 2.90. The number of nitrogens with two attached hydrogens (primary N) is 1. The second kappa shape index (κ2) is 5.00. The maximum Gasteiger partial charge on any atom is 0.573 e. The van der Waals surface area contributed by atoms with Crippen molar-refractivity contribution in [2.24, 2.45) is 5.73 Å². The van der Waals surface area contributed by atoms with Crippen LogP contribution in [0.4, 0.5) is 22.0 Å². The molecule has 2 rings (SSSR count). The number of alkyl halides is 3. The van der Waals surface area contributed by atoms with Crippen LogP contribution in [0, 0.1) is 11.6 Å². The van der Waals surface area contributed by atoms with Crippen molar-refractivity contribution in [2.45, 2.75) is 6.36 Å². The Morgan fingerprint density at radius 2 is 1.90 bits per heavy atom. The molecule has 112 valence electrons. The summed E-state index contributed by atoms with van der Waals surface area (Å²) >= 11 is 0. The van der Waals surface area contributed by atoms with Crippen molar-refractivity contribution in [3.63, 3.8) is 0 Å². The van der Waals surface area contributed by atoms with E-state index < -0.39 is 46.6 Å². The zero-order valence-corrected chi connectivity index (χ0v) is 9.83. The molecule has 0 radical (unpaired) electrons. The van der Waals surface area contributed by atoms with Gasteiger partial charge in [0.25, 0.3) is 5.91 Å². The average Bonchev–Trinajstić information content (AvgIpc) is 2.82. The summed E-state index contributed by atoms with van der Waals surface area (Å²) in [6.45, 7) is 0. The standard InChI is InChI=1S/C10H5F5N4O2/c11-4-2-1-3(5(12)8(4)21-10(13,14)15)6-7(9(16)20)18-19-17-6/h1-2H,(H2,16,20)(H,17,18,19). The number of amides is 1. The minimum Gasteiger partial charge on any atom is -0.399 e. The van der Waals surface area contributed by atoms with E-state index in [0.29, 0.717) is 6.07 Å². The van der Waals surface area contributed by atoms with Gasteiger partial charge in [0.15, 0.2) is 17.3 Å². The number of carbonyl (C=O) groups excluding carboxylic acids is 1. The molecule has 0 saturated heterocycles. The van der Waals surface area contributed by atoms with Crippen molar-refractivity contribution < 1.29 is 31.5 Å². The summed E-state index contributed by atoms with van der Waals surface area (Å²) in [5.74, 6) is -6.03. The van der Waals surface area contributed by atoms with E-state index in [9.17, 15) is 26.7 Å². The molecule has 1 aromatic carbocycles. The van der Waals surface area contributed by atoms with E-state index in [4.69, 9.17) is 5.73 Å². The number of aromatic nitrogens is 3. The highest BCUT2D eigenvalue weighted by Crippen LogP contribution is 2.34. The molecular weight excluding hydrogens is 303 g/mol. The summed E-state index contributed by atoms with van der Waals surface area (Å²) in [5, 5.41) is 8.69. The zero-order valence-electron chi connectivity index (χ0n) is 9.83. The maximum atomic E-state index is 14.0. The van der Waals surface area contributed by atoms with E-state index in [1.807, 2.05) is 5.21 Å².